The molecule has 24 heavy (non-hydrogen) atoms. The number of nitrogens with zero attached hydrogens (tertiary/aromatic N) is 3. The van der Waals surface area contributed by atoms with Gasteiger partial charge in [0.05, 0.1) is 11.3 Å². The van der Waals surface area contributed by atoms with Crippen LogP contribution in [-0.4, -0.2) is 25.0 Å². The predicted octanol–water partition coefficient (Wildman–Crippen LogP) is 3.51. The van der Waals surface area contributed by atoms with Crippen molar-refractivity contribution in [3.63, 3.8) is 0 Å². The third kappa shape index (κ3) is 2.43. The van der Waals surface area contributed by atoms with E-state index in [9.17, 15) is 10.2 Å². The maximum atomic E-state index is 10.2. The lowest BCUT2D eigenvalue weighted by molar-refractivity contribution is 0.451. The molecule has 0 bridgehead atoms. The Morgan fingerprint density at radius 1 is 1.00 bits per heavy atom. The van der Waals surface area contributed by atoms with Gasteiger partial charge in [-0.05, 0) is 55.0 Å². The molecule has 0 unspecified atom stereocenters. The number of phenols is 2. The van der Waals surface area contributed by atoms with Crippen LogP contribution in [0.2, 0.25) is 0 Å². The van der Waals surface area contributed by atoms with Gasteiger partial charge < -0.3 is 10.2 Å². The molecule has 0 saturated heterocycles. The van der Waals surface area contributed by atoms with Gasteiger partial charge in [0.15, 0.2) is 11.0 Å². The van der Waals surface area contributed by atoms with Crippen molar-refractivity contribution in [2.24, 2.45) is 0 Å². The Hall–Kier alpha value is -2.47. The van der Waals surface area contributed by atoms with Gasteiger partial charge >= 0.3 is 0 Å². The lowest BCUT2D eigenvalue weighted by Crippen LogP contribution is -2.09. The predicted molar refractivity (Wildman–Crippen MR) is 94.0 cm³/mol. The van der Waals surface area contributed by atoms with Crippen molar-refractivity contribution in [1.82, 2.24) is 14.8 Å². The van der Waals surface area contributed by atoms with Crippen LogP contribution in [0.4, 0.5) is 0 Å². The first-order valence-corrected chi connectivity index (χ1v) is 8.38. The fourth-order valence-electron chi connectivity index (χ4n) is 3.35. The normalized spacial score (nSPS) is 13.7. The molecule has 0 fully saturated rings. The summed E-state index contributed by atoms with van der Waals surface area (Å²) in [6, 6.07) is 10.7. The van der Waals surface area contributed by atoms with Crippen molar-refractivity contribution in [2.75, 3.05) is 0 Å². The van der Waals surface area contributed by atoms with Crippen LogP contribution >= 0.6 is 12.6 Å². The van der Waals surface area contributed by atoms with Gasteiger partial charge in [-0.15, -0.1) is 22.8 Å². The molecule has 0 spiro atoms. The van der Waals surface area contributed by atoms with Gasteiger partial charge in [-0.25, -0.2) is 0 Å². The number of benzene rings is 2. The highest BCUT2D eigenvalue weighted by Gasteiger charge is 2.21. The molecule has 0 aliphatic heterocycles. The zero-order chi connectivity index (χ0) is 16.7. The van der Waals surface area contributed by atoms with Crippen LogP contribution in [0, 0.1) is 0 Å². The summed E-state index contributed by atoms with van der Waals surface area (Å²) in [4.78, 5) is 0. The first-order valence-electron chi connectivity index (χ1n) is 7.93. The molecule has 1 aromatic heterocycles. The maximum Gasteiger partial charge on any atom is 0.193 e. The van der Waals surface area contributed by atoms with E-state index >= 15 is 0 Å². The summed E-state index contributed by atoms with van der Waals surface area (Å²) in [6.07, 6.45) is 4.46. The Bertz CT molecular complexity index is 921. The van der Waals surface area contributed by atoms with Crippen LogP contribution < -0.4 is 0 Å². The van der Waals surface area contributed by atoms with Crippen molar-refractivity contribution in [3.05, 3.63) is 47.5 Å². The second-order valence-corrected chi connectivity index (χ2v) is 6.38. The Morgan fingerprint density at radius 3 is 2.67 bits per heavy atom. The molecule has 0 saturated carbocycles. The third-order valence-corrected chi connectivity index (χ3v) is 4.77. The van der Waals surface area contributed by atoms with Crippen molar-refractivity contribution in [2.45, 2.75) is 30.8 Å². The molecular formula is C18H17N3O2S. The van der Waals surface area contributed by atoms with Crippen LogP contribution in [0.25, 0.3) is 17.1 Å². The maximum absolute atomic E-state index is 10.2. The lowest BCUT2D eigenvalue weighted by atomic mass is 9.90. The minimum absolute atomic E-state index is 0.00510. The molecule has 2 N–H and O–H groups in total. The molecule has 122 valence electrons. The number of fused-ring (bicyclic) bond motifs is 1. The van der Waals surface area contributed by atoms with Gasteiger partial charge in [0.25, 0.3) is 0 Å². The summed E-state index contributed by atoms with van der Waals surface area (Å²) >= 11 is 4.46. The zero-order valence-corrected chi connectivity index (χ0v) is 13.9. The van der Waals surface area contributed by atoms with Gasteiger partial charge in [0.1, 0.15) is 11.5 Å². The molecule has 1 aliphatic carbocycles. The average molecular weight is 339 g/mol. The van der Waals surface area contributed by atoms with Crippen molar-refractivity contribution >= 4 is 12.6 Å². The van der Waals surface area contributed by atoms with Crippen LogP contribution in [0.1, 0.15) is 24.0 Å². The van der Waals surface area contributed by atoms with E-state index in [-0.39, 0.29) is 11.5 Å². The number of phenolic OH excluding ortho intramolecular Hbond substituents is 2. The summed E-state index contributed by atoms with van der Waals surface area (Å²) in [7, 11) is 0. The summed E-state index contributed by atoms with van der Waals surface area (Å²) < 4.78 is 1.86. The molecule has 6 heteroatoms. The molecule has 0 amide bonds. The molecule has 0 radical (unpaired) electrons. The second kappa shape index (κ2) is 5.87. The number of aromatic hydroxyl groups is 2. The number of rotatable bonds is 2. The van der Waals surface area contributed by atoms with E-state index in [0.29, 0.717) is 16.5 Å². The van der Waals surface area contributed by atoms with E-state index in [1.54, 1.807) is 6.07 Å². The van der Waals surface area contributed by atoms with E-state index < -0.39 is 0 Å². The molecule has 5 nitrogen and oxygen atoms in total. The summed E-state index contributed by atoms with van der Waals surface area (Å²) in [6.45, 7) is 0. The molecular weight excluding hydrogens is 322 g/mol. The van der Waals surface area contributed by atoms with Crippen LogP contribution in [0.5, 0.6) is 11.5 Å². The van der Waals surface area contributed by atoms with Gasteiger partial charge in [0.2, 0.25) is 0 Å². The Balaban J connectivity index is 1.93. The number of aromatic nitrogens is 3. The minimum Gasteiger partial charge on any atom is -0.508 e. The van der Waals surface area contributed by atoms with Gasteiger partial charge in [-0.1, -0.05) is 12.1 Å². The number of hydrogen-bond acceptors (Lipinski definition) is 5. The van der Waals surface area contributed by atoms with E-state index in [4.69, 9.17) is 0 Å². The molecule has 2 aromatic carbocycles. The van der Waals surface area contributed by atoms with Crippen LogP contribution in [0.3, 0.4) is 0 Å². The number of aryl methyl sites for hydroxylation is 1. The summed E-state index contributed by atoms with van der Waals surface area (Å²) in [5, 5.41) is 28.5. The minimum atomic E-state index is -0.0400. The van der Waals surface area contributed by atoms with E-state index in [2.05, 4.69) is 28.9 Å². The molecule has 4 rings (SSSR count). The van der Waals surface area contributed by atoms with Crippen molar-refractivity contribution in [3.8, 4) is 28.6 Å². The van der Waals surface area contributed by atoms with E-state index in [1.165, 1.54) is 29.7 Å². The van der Waals surface area contributed by atoms with Crippen molar-refractivity contribution in [1.29, 1.82) is 0 Å². The molecule has 0 atom stereocenters. The van der Waals surface area contributed by atoms with E-state index in [0.717, 1.165) is 24.9 Å². The van der Waals surface area contributed by atoms with Crippen LogP contribution in [0.15, 0.2) is 41.6 Å². The molecule has 3 aromatic rings. The highest BCUT2D eigenvalue weighted by molar-refractivity contribution is 7.80. The first-order chi connectivity index (χ1) is 11.6. The Morgan fingerprint density at radius 2 is 1.83 bits per heavy atom. The highest BCUT2D eigenvalue weighted by Crippen LogP contribution is 2.35. The number of thiol groups is 1. The smallest absolute Gasteiger partial charge is 0.193 e. The fraction of sp³-hybridized carbons (Fsp3) is 0.222. The van der Waals surface area contributed by atoms with Gasteiger partial charge in [0, 0.05) is 6.07 Å². The van der Waals surface area contributed by atoms with Crippen molar-refractivity contribution < 1.29 is 10.2 Å². The van der Waals surface area contributed by atoms with E-state index in [1.807, 2.05) is 16.7 Å². The Labute approximate surface area is 145 Å². The Kier molecular flexibility index (Phi) is 3.69. The average Bonchev–Trinajstić information content (AvgIpc) is 2.95. The number of hydrogen-bond donors (Lipinski definition) is 3. The van der Waals surface area contributed by atoms with Gasteiger partial charge in [-0.3, -0.25) is 4.57 Å². The van der Waals surface area contributed by atoms with Gasteiger partial charge in [-0.2, -0.15) is 0 Å². The first kappa shape index (κ1) is 15.1. The lowest BCUT2D eigenvalue weighted by Gasteiger charge is -2.21. The topological polar surface area (TPSA) is 71.2 Å². The third-order valence-electron chi connectivity index (χ3n) is 4.48. The quantitative estimate of drug-likeness (QED) is 0.625. The second-order valence-electron chi connectivity index (χ2n) is 5.98. The monoisotopic (exact) mass is 339 g/mol. The van der Waals surface area contributed by atoms with Crippen LogP contribution in [-0.2, 0) is 12.8 Å². The highest BCUT2D eigenvalue weighted by atomic mass is 32.1. The SMILES string of the molecule is Oc1ccc(-c2nnc(S)n2-c2cccc3c2CCCC3)c(O)c1. The largest absolute Gasteiger partial charge is 0.508 e. The summed E-state index contributed by atoms with van der Waals surface area (Å²) in [5.74, 6) is 0.476. The fourth-order valence-corrected chi connectivity index (χ4v) is 3.60. The summed E-state index contributed by atoms with van der Waals surface area (Å²) in [5.41, 5.74) is 4.15. The zero-order valence-electron chi connectivity index (χ0n) is 13.0. The molecule has 1 aliphatic rings. The standard InChI is InChI=1S/C18H17N3O2S/c22-12-8-9-14(16(23)10-12)17-19-20-18(24)21(17)15-7-3-5-11-4-1-2-6-13(11)15/h3,5,7-10,22-23H,1-2,4,6H2,(H,20,24). The molecule has 1 heterocycles.